The number of ether oxygens (including phenoxy) is 3. The lowest BCUT2D eigenvalue weighted by molar-refractivity contribution is 0.0699. The van der Waals surface area contributed by atoms with Crippen molar-refractivity contribution in [2.45, 2.75) is 32.5 Å². The molecule has 0 atom stereocenters. The molecule has 1 amide bonds. The van der Waals surface area contributed by atoms with Crippen LogP contribution in [0.25, 0.3) is 0 Å². The van der Waals surface area contributed by atoms with Crippen molar-refractivity contribution in [2.75, 3.05) is 19.9 Å². The third-order valence-electron chi connectivity index (χ3n) is 5.04. The van der Waals surface area contributed by atoms with E-state index in [0.29, 0.717) is 49.2 Å². The highest BCUT2D eigenvalue weighted by molar-refractivity contribution is 5.95. The molecule has 0 spiro atoms. The average Bonchev–Trinajstić information content (AvgIpc) is 3.22. The summed E-state index contributed by atoms with van der Waals surface area (Å²) >= 11 is 0. The summed E-state index contributed by atoms with van der Waals surface area (Å²) in [7, 11) is 0. The first kappa shape index (κ1) is 15.6. The first-order chi connectivity index (χ1) is 12.8. The van der Waals surface area contributed by atoms with E-state index in [4.69, 9.17) is 14.2 Å². The van der Waals surface area contributed by atoms with E-state index in [9.17, 15) is 4.79 Å². The maximum Gasteiger partial charge on any atom is 0.254 e. The number of fused-ring (bicyclic) bond motifs is 2. The number of carbonyl (C=O) groups excluding carboxylic acids is 1. The largest absolute Gasteiger partial charge is 0.454 e. The normalized spacial score (nSPS) is 18.1. The molecule has 0 bridgehead atoms. The molecule has 2 aliphatic heterocycles. The molecule has 1 saturated carbocycles. The van der Waals surface area contributed by atoms with Gasteiger partial charge in [-0.1, -0.05) is 5.21 Å². The number of amides is 1. The Morgan fingerprint density at radius 3 is 3.00 bits per heavy atom. The van der Waals surface area contributed by atoms with Crippen LogP contribution >= 0.6 is 0 Å². The summed E-state index contributed by atoms with van der Waals surface area (Å²) in [6, 6.07) is 5.30. The number of hydrogen-bond acceptors (Lipinski definition) is 6. The zero-order valence-electron chi connectivity index (χ0n) is 14.4. The first-order valence-corrected chi connectivity index (χ1v) is 8.96. The topological polar surface area (TPSA) is 78.7 Å². The molecule has 26 heavy (non-hydrogen) atoms. The summed E-state index contributed by atoms with van der Waals surface area (Å²) < 4.78 is 18.3. The van der Waals surface area contributed by atoms with Gasteiger partial charge in [0, 0.05) is 18.7 Å². The van der Waals surface area contributed by atoms with Crippen LogP contribution in [0.4, 0.5) is 0 Å². The molecule has 0 unspecified atom stereocenters. The quantitative estimate of drug-likeness (QED) is 0.810. The molecule has 3 aliphatic rings. The minimum Gasteiger partial charge on any atom is -0.454 e. The Morgan fingerprint density at radius 2 is 2.12 bits per heavy atom. The van der Waals surface area contributed by atoms with Gasteiger partial charge >= 0.3 is 0 Å². The van der Waals surface area contributed by atoms with Crippen molar-refractivity contribution in [3.05, 3.63) is 35.2 Å². The first-order valence-electron chi connectivity index (χ1n) is 8.96. The predicted molar refractivity (Wildman–Crippen MR) is 89.7 cm³/mol. The van der Waals surface area contributed by atoms with Crippen LogP contribution in [0.1, 0.15) is 34.6 Å². The summed E-state index contributed by atoms with van der Waals surface area (Å²) in [5, 5.41) is 8.44. The summed E-state index contributed by atoms with van der Waals surface area (Å²) in [6.45, 7) is 3.17. The van der Waals surface area contributed by atoms with Gasteiger partial charge in [0.25, 0.3) is 5.91 Å². The lowest BCUT2D eigenvalue weighted by Crippen LogP contribution is -2.38. The summed E-state index contributed by atoms with van der Waals surface area (Å²) in [6.07, 6.45) is 2.52. The maximum atomic E-state index is 12.9. The van der Waals surface area contributed by atoms with Crippen molar-refractivity contribution in [1.82, 2.24) is 19.9 Å². The van der Waals surface area contributed by atoms with Gasteiger partial charge in [-0.25, -0.2) is 4.68 Å². The number of benzene rings is 1. The Morgan fingerprint density at radius 1 is 1.23 bits per heavy atom. The zero-order chi connectivity index (χ0) is 17.5. The molecular weight excluding hydrogens is 336 g/mol. The van der Waals surface area contributed by atoms with Gasteiger partial charge in [-0.3, -0.25) is 4.79 Å². The van der Waals surface area contributed by atoms with Gasteiger partial charge < -0.3 is 19.1 Å². The van der Waals surface area contributed by atoms with Crippen LogP contribution in [0.5, 0.6) is 11.5 Å². The predicted octanol–water partition coefficient (Wildman–Crippen LogP) is 1.59. The van der Waals surface area contributed by atoms with Crippen molar-refractivity contribution in [2.24, 2.45) is 5.92 Å². The standard InChI is InChI=1S/C18H20N4O4/c23-18(13-3-4-16-17(7-13)26-11-25-16)21-5-6-22-15(8-21)14(19-20-22)10-24-9-12-1-2-12/h3-4,7,12H,1-2,5-6,8-11H2. The summed E-state index contributed by atoms with van der Waals surface area (Å²) in [4.78, 5) is 14.7. The molecule has 1 aliphatic carbocycles. The van der Waals surface area contributed by atoms with Gasteiger partial charge in [-0.2, -0.15) is 0 Å². The van der Waals surface area contributed by atoms with Gasteiger partial charge in [0.05, 0.1) is 25.4 Å². The van der Waals surface area contributed by atoms with E-state index in [-0.39, 0.29) is 12.7 Å². The Balaban J connectivity index is 1.29. The molecule has 0 N–H and O–H groups in total. The van der Waals surface area contributed by atoms with Crippen molar-refractivity contribution >= 4 is 5.91 Å². The molecule has 2 aromatic rings. The highest BCUT2D eigenvalue weighted by atomic mass is 16.7. The minimum absolute atomic E-state index is 0.0272. The van der Waals surface area contributed by atoms with Crippen LogP contribution in [-0.4, -0.2) is 45.7 Å². The molecule has 1 fully saturated rings. The van der Waals surface area contributed by atoms with E-state index >= 15 is 0 Å². The third kappa shape index (κ3) is 2.90. The van der Waals surface area contributed by atoms with Crippen molar-refractivity contribution in [3.8, 4) is 11.5 Å². The lowest BCUT2D eigenvalue weighted by Gasteiger charge is -2.28. The lowest BCUT2D eigenvalue weighted by atomic mass is 10.1. The molecule has 1 aromatic carbocycles. The zero-order valence-corrected chi connectivity index (χ0v) is 14.4. The number of nitrogens with zero attached hydrogens (tertiary/aromatic N) is 4. The van der Waals surface area contributed by atoms with E-state index < -0.39 is 0 Å². The van der Waals surface area contributed by atoms with E-state index in [1.165, 1.54) is 12.8 Å². The highest BCUT2D eigenvalue weighted by Gasteiger charge is 2.27. The average molecular weight is 356 g/mol. The fourth-order valence-electron chi connectivity index (χ4n) is 3.30. The van der Waals surface area contributed by atoms with Gasteiger partial charge in [0.1, 0.15) is 5.69 Å². The van der Waals surface area contributed by atoms with Crippen molar-refractivity contribution in [1.29, 1.82) is 0 Å². The molecule has 0 saturated heterocycles. The van der Waals surface area contributed by atoms with Gasteiger partial charge in [-0.05, 0) is 37.0 Å². The Hall–Kier alpha value is -2.61. The second kappa shape index (κ2) is 6.28. The van der Waals surface area contributed by atoms with Crippen LogP contribution in [0.2, 0.25) is 0 Å². The molecule has 8 heteroatoms. The maximum absolute atomic E-state index is 12.9. The summed E-state index contributed by atoms with van der Waals surface area (Å²) in [5.74, 6) is 1.98. The summed E-state index contributed by atoms with van der Waals surface area (Å²) in [5.41, 5.74) is 2.39. The third-order valence-corrected chi connectivity index (χ3v) is 5.04. The number of aromatic nitrogens is 3. The highest BCUT2D eigenvalue weighted by Crippen LogP contribution is 2.33. The van der Waals surface area contributed by atoms with E-state index in [2.05, 4.69) is 10.3 Å². The van der Waals surface area contributed by atoms with Gasteiger partial charge in [0.2, 0.25) is 6.79 Å². The van der Waals surface area contributed by atoms with Crippen LogP contribution < -0.4 is 9.47 Å². The molecule has 3 heterocycles. The second-order valence-electron chi connectivity index (χ2n) is 6.96. The molecular formula is C18H20N4O4. The Kier molecular flexibility index (Phi) is 3.77. The fraction of sp³-hybridized carbons (Fsp3) is 0.500. The number of carbonyl (C=O) groups is 1. The minimum atomic E-state index is -0.0272. The monoisotopic (exact) mass is 356 g/mol. The van der Waals surface area contributed by atoms with E-state index in [1.807, 2.05) is 9.58 Å². The van der Waals surface area contributed by atoms with Gasteiger partial charge in [0.15, 0.2) is 11.5 Å². The van der Waals surface area contributed by atoms with Crippen LogP contribution in [0.15, 0.2) is 18.2 Å². The number of rotatable bonds is 5. The number of hydrogen-bond donors (Lipinski definition) is 0. The molecule has 8 nitrogen and oxygen atoms in total. The molecule has 5 rings (SSSR count). The molecule has 0 radical (unpaired) electrons. The van der Waals surface area contributed by atoms with Crippen LogP contribution in [0.3, 0.4) is 0 Å². The van der Waals surface area contributed by atoms with Crippen LogP contribution in [-0.2, 0) is 24.4 Å². The fourth-order valence-corrected chi connectivity index (χ4v) is 3.30. The SMILES string of the molecule is O=C(c1ccc2c(c1)OCO2)N1CCn2nnc(COCC3CC3)c2C1. The second-order valence-corrected chi connectivity index (χ2v) is 6.96. The van der Waals surface area contributed by atoms with Crippen LogP contribution in [0, 0.1) is 5.92 Å². The van der Waals surface area contributed by atoms with E-state index in [1.54, 1.807) is 18.2 Å². The van der Waals surface area contributed by atoms with E-state index in [0.717, 1.165) is 18.0 Å². The molecule has 1 aromatic heterocycles. The Bertz CT molecular complexity index is 846. The Labute approximate surface area is 150 Å². The van der Waals surface area contributed by atoms with Crippen molar-refractivity contribution < 1.29 is 19.0 Å². The van der Waals surface area contributed by atoms with Crippen molar-refractivity contribution in [3.63, 3.8) is 0 Å². The van der Waals surface area contributed by atoms with Gasteiger partial charge in [-0.15, -0.1) is 5.10 Å². The smallest absolute Gasteiger partial charge is 0.254 e. The molecule has 136 valence electrons.